The van der Waals surface area contributed by atoms with Crippen molar-refractivity contribution in [2.75, 3.05) is 20.6 Å². The third-order valence-electron chi connectivity index (χ3n) is 6.97. The monoisotopic (exact) mass is 537 g/mol. The molecule has 3 fully saturated rings. The van der Waals surface area contributed by atoms with Crippen LogP contribution in [0.5, 0.6) is 0 Å². The Balaban J connectivity index is 0.000000408. The molecule has 3 rings (SSSR count). The standard InChI is InChI=1S/C17H27N3O3.C8H16N2O2.C3H8/c1-20-9-3-6-14(20)16(22)19-13(10-11-4-2-5-11)15(21)17(23)18-12-7-8-12;1-8(2,3)6(5-11)10-7(12)9-4;1-3-2/h11-14H,2-10H2,1H3,(H,18,23)(H,19,22);5-6H,1-4H3,(H2,9,10,12);3H2,1-2H3. The van der Waals surface area contributed by atoms with Crippen LogP contribution in [0.1, 0.15) is 92.4 Å². The zero-order valence-corrected chi connectivity index (χ0v) is 24.5. The van der Waals surface area contributed by atoms with Gasteiger partial charge in [-0.1, -0.05) is 60.3 Å². The summed E-state index contributed by atoms with van der Waals surface area (Å²) in [5, 5.41) is 10.5. The lowest BCUT2D eigenvalue weighted by Gasteiger charge is -2.30. The van der Waals surface area contributed by atoms with Gasteiger partial charge in [0.1, 0.15) is 6.29 Å². The first-order chi connectivity index (χ1) is 17.9. The molecule has 3 aliphatic rings. The van der Waals surface area contributed by atoms with Gasteiger partial charge in [-0.2, -0.15) is 0 Å². The second kappa shape index (κ2) is 16.5. The van der Waals surface area contributed by atoms with Gasteiger partial charge in [0.05, 0.1) is 18.1 Å². The molecule has 2 saturated carbocycles. The topological polar surface area (TPSA) is 137 Å². The van der Waals surface area contributed by atoms with Gasteiger partial charge in [0, 0.05) is 13.1 Å². The summed E-state index contributed by atoms with van der Waals surface area (Å²) in [7, 11) is 3.44. The van der Waals surface area contributed by atoms with Crippen molar-refractivity contribution in [3.63, 3.8) is 0 Å². The molecular weight excluding hydrogens is 486 g/mol. The lowest BCUT2D eigenvalue weighted by atomic mass is 9.80. The number of likely N-dealkylation sites (tertiary alicyclic amines) is 1. The first-order valence-corrected chi connectivity index (χ1v) is 14.2. The van der Waals surface area contributed by atoms with E-state index in [2.05, 4.69) is 35.1 Å². The van der Waals surface area contributed by atoms with Crippen LogP contribution < -0.4 is 21.3 Å². The zero-order valence-electron chi connectivity index (χ0n) is 24.5. The van der Waals surface area contributed by atoms with Crippen molar-refractivity contribution in [2.45, 2.75) is 117 Å². The molecule has 0 radical (unpaired) electrons. The summed E-state index contributed by atoms with van der Waals surface area (Å²) in [5.74, 6) is -0.657. The number of hydrogen-bond donors (Lipinski definition) is 4. The van der Waals surface area contributed by atoms with Crippen molar-refractivity contribution in [2.24, 2.45) is 11.3 Å². The highest BCUT2D eigenvalue weighted by Crippen LogP contribution is 2.31. The van der Waals surface area contributed by atoms with E-state index in [1.54, 1.807) is 0 Å². The minimum Gasteiger partial charge on any atom is -0.347 e. The number of hydrogen-bond acceptors (Lipinski definition) is 6. The SMILES string of the molecule is CCC.CN1CCCC1C(=O)NC(CC1CCC1)C(=O)C(=O)NC1CC1.CNC(=O)NC(C=O)C(C)(C)C. The summed E-state index contributed by atoms with van der Waals surface area (Å²) in [4.78, 5) is 60.4. The Morgan fingerprint density at radius 1 is 0.974 bits per heavy atom. The van der Waals surface area contributed by atoms with Gasteiger partial charge in [0.2, 0.25) is 11.7 Å². The summed E-state index contributed by atoms with van der Waals surface area (Å²) in [6.07, 6.45) is 9.67. The average molecular weight is 538 g/mol. The normalized spacial score (nSPS) is 20.7. The fraction of sp³-hybridized carbons (Fsp3) is 0.821. The maximum absolute atomic E-state index is 12.5. The molecule has 3 unspecified atom stereocenters. The number of carbonyl (C=O) groups excluding carboxylic acids is 5. The van der Waals surface area contributed by atoms with E-state index < -0.39 is 23.8 Å². The smallest absolute Gasteiger partial charge is 0.315 e. The van der Waals surface area contributed by atoms with Crippen molar-refractivity contribution >= 4 is 29.9 Å². The van der Waals surface area contributed by atoms with Crippen molar-refractivity contribution in [1.29, 1.82) is 0 Å². The molecule has 0 spiro atoms. The zero-order chi connectivity index (χ0) is 28.9. The summed E-state index contributed by atoms with van der Waals surface area (Å²) in [5.41, 5.74) is -0.242. The van der Waals surface area contributed by atoms with E-state index in [9.17, 15) is 24.0 Å². The molecule has 1 saturated heterocycles. The lowest BCUT2D eigenvalue weighted by molar-refractivity contribution is -0.141. The number of ketones is 1. The predicted molar refractivity (Wildman–Crippen MR) is 149 cm³/mol. The van der Waals surface area contributed by atoms with Crippen LogP contribution >= 0.6 is 0 Å². The highest BCUT2D eigenvalue weighted by atomic mass is 16.2. The van der Waals surface area contributed by atoms with Crippen LogP contribution in [-0.4, -0.2) is 79.6 Å². The van der Waals surface area contributed by atoms with E-state index in [1.165, 1.54) is 19.9 Å². The second-order valence-electron chi connectivity index (χ2n) is 11.8. The Morgan fingerprint density at radius 2 is 1.58 bits per heavy atom. The minimum absolute atomic E-state index is 0.109. The Morgan fingerprint density at radius 3 is 1.97 bits per heavy atom. The molecular formula is C28H51N5O5. The number of nitrogens with zero attached hydrogens (tertiary/aromatic N) is 1. The van der Waals surface area contributed by atoms with Gasteiger partial charge in [-0.15, -0.1) is 0 Å². The predicted octanol–water partition coefficient (Wildman–Crippen LogP) is 2.55. The highest BCUT2D eigenvalue weighted by molar-refractivity contribution is 6.38. The second-order valence-corrected chi connectivity index (χ2v) is 11.8. The number of amides is 4. The number of nitrogens with one attached hydrogen (secondary N) is 4. The number of carbonyl (C=O) groups is 5. The number of urea groups is 1. The average Bonchev–Trinajstić information content (AvgIpc) is 3.54. The summed E-state index contributed by atoms with van der Waals surface area (Å²) in [6.45, 7) is 10.8. The quantitative estimate of drug-likeness (QED) is 0.264. The van der Waals surface area contributed by atoms with E-state index in [1.807, 2.05) is 32.7 Å². The van der Waals surface area contributed by atoms with Crippen LogP contribution in [-0.2, 0) is 19.2 Å². The van der Waals surface area contributed by atoms with E-state index in [-0.39, 0.29) is 29.4 Å². The third kappa shape index (κ3) is 11.9. The summed E-state index contributed by atoms with van der Waals surface area (Å²) < 4.78 is 0. The Kier molecular flexibility index (Phi) is 14.5. The molecule has 0 aromatic carbocycles. The van der Waals surface area contributed by atoms with E-state index in [4.69, 9.17) is 0 Å². The van der Waals surface area contributed by atoms with Crippen LogP contribution in [0.4, 0.5) is 4.79 Å². The summed E-state index contributed by atoms with van der Waals surface area (Å²) in [6, 6.07) is -1.45. The minimum atomic E-state index is -0.666. The van der Waals surface area contributed by atoms with Crippen LogP contribution in [0, 0.1) is 11.3 Å². The van der Waals surface area contributed by atoms with Gasteiger partial charge in [-0.3, -0.25) is 19.3 Å². The molecule has 218 valence electrons. The van der Waals surface area contributed by atoms with Gasteiger partial charge >= 0.3 is 6.03 Å². The lowest BCUT2D eigenvalue weighted by Crippen LogP contribution is -2.53. The number of rotatable bonds is 9. The molecule has 0 bridgehead atoms. The molecule has 1 heterocycles. The van der Waals surface area contributed by atoms with Crippen molar-refractivity contribution in [1.82, 2.24) is 26.2 Å². The Labute approximate surface area is 228 Å². The molecule has 2 aliphatic carbocycles. The Hall–Kier alpha value is -2.49. The summed E-state index contributed by atoms with van der Waals surface area (Å²) >= 11 is 0. The van der Waals surface area contributed by atoms with Gasteiger partial charge < -0.3 is 26.1 Å². The molecule has 0 aromatic heterocycles. The fourth-order valence-electron chi connectivity index (χ4n) is 4.11. The van der Waals surface area contributed by atoms with Crippen LogP contribution in [0.3, 0.4) is 0 Å². The Bertz CT molecular complexity index is 789. The highest BCUT2D eigenvalue weighted by Gasteiger charge is 2.36. The molecule has 10 heteroatoms. The van der Waals surface area contributed by atoms with Crippen molar-refractivity contribution in [3.05, 3.63) is 0 Å². The van der Waals surface area contributed by atoms with Crippen LogP contribution in [0.25, 0.3) is 0 Å². The van der Waals surface area contributed by atoms with Crippen LogP contribution in [0.2, 0.25) is 0 Å². The van der Waals surface area contributed by atoms with Gasteiger partial charge in [-0.25, -0.2) is 4.79 Å². The molecule has 10 nitrogen and oxygen atoms in total. The van der Waals surface area contributed by atoms with E-state index >= 15 is 0 Å². The first kappa shape index (κ1) is 33.5. The number of likely N-dealkylation sites (N-methyl/N-ethyl adjacent to an activating group) is 1. The van der Waals surface area contributed by atoms with Gasteiger partial charge in [-0.05, 0) is 57.0 Å². The van der Waals surface area contributed by atoms with E-state index in [0.29, 0.717) is 12.3 Å². The molecule has 3 atom stereocenters. The molecule has 4 amide bonds. The van der Waals surface area contributed by atoms with Crippen molar-refractivity contribution in [3.8, 4) is 0 Å². The van der Waals surface area contributed by atoms with Gasteiger partial charge in [0.15, 0.2) is 0 Å². The van der Waals surface area contributed by atoms with E-state index in [0.717, 1.165) is 51.4 Å². The third-order valence-corrected chi connectivity index (χ3v) is 6.97. The molecule has 4 N–H and O–H groups in total. The molecule has 0 aromatic rings. The molecule has 38 heavy (non-hydrogen) atoms. The molecule has 1 aliphatic heterocycles. The fourth-order valence-corrected chi connectivity index (χ4v) is 4.11. The van der Waals surface area contributed by atoms with Crippen molar-refractivity contribution < 1.29 is 24.0 Å². The van der Waals surface area contributed by atoms with Gasteiger partial charge in [0.25, 0.3) is 5.91 Å². The maximum atomic E-state index is 12.5. The number of aldehydes is 1. The first-order valence-electron chi connectivity index (χ1n) is 14.2. The van der Waals surface area contributed by atoms with Crippen LogP contribution in [0.15, 0.2) is 0 Å². The number of Topliss-reactive ketones (excluding diaryl/α,β-unsaturated/α-hetero) is 1. The maximum Gasteiger partial charge on any atom is 0.315 e. The largest absolute Gasteiger partial charge is 0.347 e.